The number of aliphatic hydroxyl groups excluding tert-OH is 1. The van der Waals surface area contributed by atoms with Gasteiger partial charge in [0.15, 0.2) is 0 Å². The highest BCUT2D eigenvalue weighted by Crippen LogP contribution is 2.42. The zero-order valence-electron chi connectivity index (χ0n) is 19.9. The number of aliphatic hydroxyl groups is 1. The number of Topliss-reactive ketones (excluding diaryl/α,β-unsaturated/α-hetero) is 1. The van der Waals surface area contributed by atoms with Crippen LogP contribution in [-0.4, -0.2) is 41.4 Å². The average Bonchev–Trinajstić information content (AvgIpc) is 3.18. The maximum absolute atomic E-state index is 13.3. The summed E-state index contributed by atoms with van der Waals surface area (Å²) in [5.74, 6) is -2.39. The molecule has 1 aliphatic heterocycles. The van der Waals surface area contributed by atoms with Crippen molar-refractivity contribution in [2.45, 2.75) is 13.0 Å². The number of ether oxygens (including phenoxy) is 2. The van der Waals surface area contributed by atoms with Crippen LogP contribution in [0.25, 0.3) is 5.76 Å². The molecule has 1 amide bonds. The summed E-state index contributed by atoms with van der Waals surface area (Å²) in [6.45, 7) is 1.83. The Morgan fingerprint density at radius 2 is 1.70 bits per heavy atom. The number of nitro groups is 1. The Morgan fingerprint density at radius 1 is 1.03 bits per heavy atom. The maximum Gasteiger partial charge on any atom is 0.338 e. The second-order valence-electron chi connectivity index (χ2n) is 8.02. The Labute approximate surface area is 211 Å². The van der Waals surface area contributed by atoms with Gasteiger partial charge in [0.25, 0.3) is 17.4 Å². The number of anilines is 1. The molecule has 188 valence electrons. The summed E-state index contributed by atoms with van der Waals surface area (Å²) < 4.78 is 10.3. The number of carbonyl (C=O) groups excluding carboxylic acids is 3. The quantitative estimate of drug-likeness (QED) is 0.125. The number of methoxy groups -OCH3 is 1. The third-order valence-corrected chi connectivity index (χ3v) is 5.86. The van der Waals surface area contributed by atoms with Gasteiger partial charge in [-0.2, -0.15) is 0 Å². The molecule has 10 heteroatoms. The standard InChI is InChI=1S/C27H22N2O8/c1-3-37-27(33)18-5-4-6-20(15-18)28-23(16-9-13-21(36-2)14-10-16)22(25(31)26(28)32)24(30)17-7-11-19(12-8-17)29(34)35/h4-15,23,30H,3H2,1-2H3/b24-22+. The van der Waals surface area contributed by atoms with Crippen LogP contribution >= 0.6 is 0 Å². The van der Waals surface area contributed by atoms with Crippen molar-refractivity contribution in [3.8, 4) is 5.75 Å². The van der Waals surface area contributed by atoms with Crippen molar-refractivity contribution in [1.29, 1.82) is 0 Å². The summed E-state index contributed by atoms with van der Waals surface area (Å²) in [5.41, 5.74) is 0.652. The molecular weight excluding hydrogens is 480 g/mol. The Hall–Kier alpha value is -4.99. The minimum absolute atomic E-state index is 0.127. The number of nitro benzene ring substituents is 1. The highest BCUT2D eigenvalue weighted by molar-refractivity contribution is 6.51. The smallest absolute Gasteiger partial charge is 0.338 e. The van der Waals surface area contributed by atoms with Crippen LogP contribution in [0.1, 0.15) is 34.5 Å². The van der Waals surface area contributed by atoms with Crippen molar-refractivity contribution in [3.63, 3.8) is 0 Å². The van der Waals surface area contributed by atoms with Gasteiger partial charge >= 0.3 is 5.97 Å². The molecule has 0 bridgehead atoms. The van der Waals surface area contributed by atoms with E-state index in [1.54, 1.807) is 43.3 Å². The molecule has 1 aliphatic rings. The number of ketones is 1. The summed E-state index contributed by atoms with van der Waals surface area (Å²) in [5, 5.41) is 22.2. The molecule has 10 nitrogen and oxygen atoms in total. The predicted molar refractivity (Wildman–Crippen MR) is 133 cm³/mol. The van der Waals surface area contributed by atoms with Crippen LogP contribution in [0, 0.1) is 10.1 Å². The average molecular weight is 502 g/mol. The van der Waals surface area contributed by atoms with E-state index in [4.69, 9.17) is 9.47 Å². The molecular formula is C27H22N2O8. The van der Waals surface area contributed by atoms with Crippen LogP contribution in [0.3, 0.4) is 0 Å². The van der Waals surface area contributed by atoms with Gasteiger partial charge in [-0.25, -0.2) is 4.79 Å². The number of non-ortho nitro benzene ring substituents is 1. The molecule has 1 saturated heterocycles. The van der Waals surface area contributed by atoms with Crippen LogP contribution in [0.2, 0.25) is 0 Å². The van der Waals surface area contributed by atoms with Gasteiger partial charge in [-0.15, -0.1) is 0 Å². The van der Waals surface area contributed by atoms with Crippen molar-refractivity contribution < 1.29 is 33.9 Å². The molecule has 0 aliphatic carbocycles. The van der Waals surface area contributed by atoms with Gasteiger partial charge in [0, 0.05) is 23.4 Å². The van der Waals surface area contributed by atoms with Crippen molar-refractivity contribution in [2.24, 2.45) is 0 Å². The van der Waals surface area contributed by atoms with Crippen molar-refractivity contribution in [3.05, 3.63) is 105 Å². The first kappa shape index (κ1) is 25.1. The van der Waals surface area contributed by atoms with Crippen LogP contribution < -0.4 is 9.64 Å². The van der Waals surface area contributed by atoms with Gasteiger partial charge < -0.3 is 14.6 Å². The Bertz CT molecular complexity index is 1410. The number of esters is 1. The third kappa shape index (κ3) is 4.76. The lowest BCUT2D eigenvalue weighted by Gasteiger charge is -2.26. The first-order valence-electron chi connectivity index (χ1n) is 11.2. The lowest BCUT2D eigenvalue weighted by molar-refractivity contribution is -0.384. The van der Waals surface area contributed by atoms with Gasteiger partial charge in [0.1, 0.15) is 11.5 Å². The third-order valence-electron chi connectivity index (χ3n) is 5.86. The molecule has 0 radical (unpaired) electrons. The first-order valence-corrected chi connectivity index (χ1v) is 11.2. The predicted octanol–water partition coefficient (Wildman–Crippen LogP) is 4.41. The van der Waals surface area contributed by atoms with E-state index in [2.05, 4.69) is 0 Å². The van der Waals surface area contributed by atoms with E-state index in [1.807, 2.05) is 0 Å². The van der Waals surface area contributed by atoms with Crippen molar-refractivity contribution >= 4 is 34.8 Å². The molecule has 1 unspecified atom stereocenters. The molecule has 4 rings (SSSR count). The summed E-state index contributed by atoms with van der Waals surface area (Å²) >= 11 is 0. The fourth-order valence-corrected chi connectivity index (χ4v) is 4.09. The number of hydrogen-bond donors (Lipinski definition) is 1. The number of hydrogen-bond acceptors (Lipinski definition) is 8. The lowest BCUT2D eigenvalue weighted by atomic mass is 9.95. The number of carbonyl (C=O) groups is 3. The van der Waals surface area contributed by atoms with Gasteiger partial charge in [-0.3, -0.25) is 24.6 Å². The van der Waals surface area contributed by atoms with E-state index < -0.39 is 34.4 Å². The van der Waals surface area contributed by atoms with Crippen LogP contribution in [0.5, 0.6) is 5.75 Å². The molecule has 1 atom stereocenters. The summed E-state index contributed by atoms with van der Waals surface area (Å²) in [7, 11) is 1.50. The number of benzene rings is 3. The SMILES string of the molecule is CCOC(=O)c1cccc(N2C(=O)C(=O)/C(=C(/O)c3ccc([N+](=O)[O-])cc3)C2c2ccc(OC)cc2)c1. The second-order valence-corrected chi connectivity index (χ2v) is 8.02. The molecule has 1 N–H and O–H groups in total. The van der Waals surface area contributed by atoms with Crippen LogP contribution in [0.4, 0.5) is 11.4 Å². The molecule has 1 heterocycles. The molecule has 3 aromatic rings. The fourth-order valence-electron chi connectivity index (χ4n) is 4.09. The topological polar surface area (TPSA) is 136 Å². The van der Waals surface area contributed by atoms with Crippen molar-refractivity contribution in [1.82, 2.24) is 0 Å². The maximum atomic E-state index is 13.3. The highest BCUT2D eigenvalue weighted by Gasteiger charge is 2.47. The van der Waals surface area contributed by atoms with Crippen LogP contribution in [-0.2, 0) is 14.3 Å². The lowest BCUT2D eigenvalue weighted by Crippen LogP contribution is -2.29. The van der Waals surface area contributed by atoms with Crippen LogP contribution in [0.15, 0.2) is 78.4 Å². The van der Waals surface area contributed by atoms with E-state index in [-0.39, 0.29) is 34.7 Å². The summed E-state index contributed by atoms with van der Waals surface area (Å²) in [4.78, 5) is 50.5. The van der Waals surface area contributed by atoms with Gasteiger partial charge in [-0.1, -0.05) is 18.2 Å². The number of amides is 1. The van der Waals surface area contributed by atoms with Gasteiger partial charge in [-0.05, 0) is 55.0 Å². The molecule has 1 fully saturated rings. The fraction of sp³-hybridized carbons (Fsp3) is 0.148. The minimum Gasteiger partial charge on any atom is -0.507 e. The molecule has 0 saturated carbocycles. The molecule has 0 aromatic heterocycles. The van der Waals surface area contributed by atoms with E-state index in [0.29, 0.717) is 11.3 Å². The Morgan fingerprint density at radius 3 is 2.30 bits per heavy atom. The normalized spacial score (nSPS) is 16.5. The molecule has 37 heavy (non-hydrogen) atoms. The highest BCUT2D eigenvalue weighted by atomic mass is 16.6. The monoisotopic (exact) mass is 502 g/mol. The van der Waals surface area contributed by atoms with Crippen molar-refractivity contribution in [2.75, 3.05) is 18.6 Å². The van der Waals surface area contributed by atoms with E-state index in [0.717, 1.165) is 0 Å². The number of rotatable bonds is 7. The largest absolute Gasteiger partial charge is 0.507 e. The van der Waals surface area contributed by atoms with E-state index >= 15 is 0 Å². The Balaban J connectivity index is 1.89. The summed E-state index contributed by atoms with van der Waals surface area (Å²) in [6, 6.07) is 16.6. The summed E-state index contributed by atoms with van der Waals surface area (Å²) in [6.07, 6.45) is 0. The zero-order valence-corrected chi connectivity index (χ0v) is 19.9. The minimum atomic E-state index is -1.06. The van der Waals surface area contributed by atoms with Gasteiger partial charge in [0.2, 0.25) is 0 Å². The van der Waals surface area contributed by atoms with E-state index in [9.17, 15) is 29.6 Å². The van der Waals surface area contributed by atoms with E-state index in [1.165, 1.54) is 48.4 Å². The molecule has 0 spiro atoms. The van der Waals surface area contributed by atoms with Gasteiger partial charge in [0.05, 0.1) is 35.8 Å². The molecule has 3 aromatic carbocycles. The zero-order chi connectivity index (χ0) is 26.7. The second kappa shape index (κ2) is 10.3. The Kier molecular flexibility index (Phi) is 7.01. The first-order chi connectivity index (χ1) is 17.8. The number of nitrogens with zero attached hydrogens (tertiary/aromatic N) is 2.